The Kier molecular flexibility index (Phi) is 10.3. The molecule has 0 aliphatic heterocycles. The number of hydrogen-bond acceptors (Lipinski definition) is 6. The van der Waals surface area contributed by atoms with Crippen molar-refractivity contribution in [1.29, 1.82) is 0 Å². The van der Waals surface area contributed by atoms with E-state index in [4.69, 9.17) is 14.2 Å². The second-order valence-corrected chi connectivity index (χ2v) is 9.19. The molecule has 3 aromatic carbocycles. The van der Waals surface area contributed by atoms with Gasteiger partial charge in [-0.25, -0.2) is 5.43 Å². The number of carbonyl (C=O) groups is 2. The molecule has 0 saturated heterocycles. The molecule has 188 valence electrons. The molecule has 0 bridgehead atoms. The minimum Gasteiger partial charge on any atom is -0.493 e. The number of benzene rings is 3. The Labute approximate surface area is 226 Å². The maximum Gasteiger partial charge on any atom is 0.271 e. The number of rotatable bonds is 11. The molecule has 2 N–H and O–H groups in total. The Bertz CT molecular complexity index is 1240. The van der Waals surface area contributed by atoms with Gasteiger partial charge in [-0.15, -0.1) is 0 Å². The van der Waals surface area contributed by atoms with Gasteiger partial charge < -0.3 is 19.5 Å². The van der Waals surface area contributed by atoms with Crippen LogP contribution < -0.4 is 25.0 Å². The molecule has 0 aliphatic carbocycles. The monoisotopic (exact) mass is 617 g/mol. The first-order chi connectivity index (χ1) is 17.4. The van der Waals surface area contributed by atoms with Crippen molar-refractivity contribution >= 4 is 55.6 Å². The average Bonchev–Trinajstić information content (AvgIpc) is 2.87. The highest BCUT2D eigenvalue weighted by atomic mass is 79.9. The summed E-state index contributed by atoms with van der Waals surface area (Å²) in [4.78, 5) is 24.9. The molecule has 3 aromatic rings. The number of amides is 2. The van der Waals surface area contributed by atoms with Gasteiger partial charge in [0.25, 0.3) is 11.8 Å². The van der Waals surface area contributed by atoms with Gasteiger partial charge >= 0.3 is 0 Å². The topological polar surface area (TPSA) is 98.3 Å². The highest BCUT2D eigenvalue weighted by molar-refractivity contribution is 9.11. The molecule has 3 rings (SSSR count). The van der Waals surface area contributed by atoms with Crippen LogP contribution in [0.15, 0.2) is 74.7 Å². The molecule has 0 aliphatic rings. The lowest BCUT2D eigenvalue weighted by Gasteiger charge is -2.12. The van der Waals surface area contributed by atoms with E-state index in [9.17, 15) is 9.59 Å². The normalized spacial score (nSPS) is 10.7. The van der Waals surface area contributed by atoms with Crippen molar-refractivity contribution in [3.8, 4) is 17.2 Å². The quantitative estimate of drug-likeness (QED) is 0.209. The molecular weight excluding hydrogens is 594 g/mol. The highest BCUT2D eigenvalue weighted by Gasteiger charge is 2.13. The Morgan fingerprint density at radius 1 is 1.00 bits per heavy atom. The van der Waals surface area contributed by atoms with Crippen molar-refractivity contribution in [2.24, 2.45) is 5.10 Å². The first-order valence-corrected chi connectivity index (χ1v) is 12.6. The van der Waals surface area contributed by atoms with Gasteiger partial charge in [0.2, 0.25) is 0 Å². The minimum atomic E-state index is -0.426. The molecule has 0 unspecified atom stereocenters. The van der Waals surface area contributed by atoms with E-state index in [-0.39, 0.29) is 12.5 Å². The van der Waals surface area contributed by atoms with Crippen LogP contribution in [0.2, 0.25) is 0 Å². The molecule has 2 amide bonds. The summed E-state index contributed by atoms with van der Waals surface area (Å²) < 4.78 is 18.1. The van der Waals surface area contributed by atoms with Crippen LogP contribution in [-0.2, 0) is 4.79 Å². The van der Waals surface area contributed by atoms with E-state index in [2.05, 4.69) is 47.7 Å². The van der Waals surface area contributed by atoms with E-state index in [0.717, 1.165) is 10.9 Å². The number of nitrogens with one attached hydrogen (secondary N) is 2. The SMILES string of the molecule is CCCOc1ccc(C(=O)N/N=C/c2cc(Br)cc(Br)c2OCC(=O)Nc2ccccc2)cc1OC. The molecule has 0 fully saturated rings. The Morgan fingerprint density at radius 3 is 2.50 bits per heavy atom. The third-order valence-electron chi connectivity index (χ3n) is 4.70. The number of methoxy groups -OCH3 is 1. The van der Waals surface area contributed by atoms with Crippen molar-refractivity contribution in [2.75, 3.05) is 25.6 Å². The molecule has 0 saturated carbocycles. The van der Waals surface area contributed by atoms with Gasteiger partial charge in [0, 0.05) is 21.3 Å². The molecule has 8 nitrogen and oxygen atoms in total. The maximum atomic E-state index is 12.6. The van der Waals surface area contributed by atoms with Gasteiger partial charge in [-0.3, -0.25) is 9.59 Å². The molecule has 36 heavy (non-hydrogen) atoms. The molecule has 0 heterocycles. The van der Waals surface area contributed by atoms with Gasteiger partial charge in [-0.05, 0) is 64.8 Å². The van der Waals surface area contributed by atoms with Crippen molar-refractivity contribution < 1.29 is 23.8 Å². The summed E-state index contributed by atoms with van der Waals surface area (Å²) >= 11 is 6.88. The molecule has 0 radical (unpaired) electrons. The fourth-order valence-corrected chi connectivity index (χ4v) is 4.42. The van der Waals surface area contributed by atoms with Crippen LogP contribution in [0.4, 0.5) is 5.69 Å². The van der Waals surface area contributed by atoms with Crippen LogP contribution in [0.3, 0.4) is 0 Å². The first kappa shape index (κ1) is 27.2. The Balaban J connectivity index is 1.67. The lowest BCUT2D eigenvalue weighted by molar-refractivity contribution is -0.118. The van der Waals surface area contributed by atoms with Crippen molar-refractivity contribution in [3.63, 3.8) is 0 Å². The number of nitrogens with zero attached hydrogens (tertiary/aromatic N) is 1. The van der Waals surface area contributed by atoms with Gasteiger partial charge in [-0.1, -0.05) is 41.1 Å². The van der Waals surface area contributed by atoms with E-state index in [0.29, 0.717) is 45.1 Å². The predicted molar refractivity (Wildman–Crippen MR) is 146 cm³/mol. The summed E-state index contributed by atoms with van der Waals surface area (Å²) in [5.74, 6) is 0.688. The van der Waals surface area contributed by atoms with Crippen LogP contribution in [0.1, 0.15) is 29.3 Å². The fraction of sp³-hybridized carbons (Fsp3) is 0.192. The fourth-order valence-electron chi connectivity index (χ4n) is 3.05. The van der Waals surface area contributed by atoms with Crippen LogP contribution in [0, 0.1) is 0 Å². The van der Waals surface area contributed by atoms with Crippen LogP contribution in [-0.4, -0.2) is 38.4 Å². The summed E-state index contributed by atoms with van der Waals surface area (Å²) in [6, 6.07) is 17.5. The third kappa shape index (κ3) is 7.82. The lowest BCUT2D eigenvalue weighted by Crippen LogP contribution is -2.21. The molecule has 0 atom stereocenters. The van der Waals surface area contributed by atoms with Gasteiger partial charge in [0.1, 0.15) is 5.75 Å². The number of anilines is 1. The number of hydrogen-bond donors (Lipinski definition) is 2. The first-order valence-electron chi connectivity index (χ1n) is 11.0. The van der Waals surface area contributed by atoms with E-state index in [1.54, 1.807) is 42.5 Å². The second kappa shape index (κ2) is 13.6. The average molecular weight is 619 g/mol. The number of carbonyl (C=O) groups excluding carboxylic acids is 2. The van der Waals surface area contributed by atoms with Gasteiger partial charge in [0.15, 0.2) is 18.1 Å². The highest BCUT2D eigenvalue weighted by Crippen LogP contribution is 2.32. The zero-order chi connectivity index (χ0) is 25.9. The summed E-state index contributed by atoms with van der Waals surface area (Å²) in [5.41, 5.74) is 4.07. The summed E-state index contributed by atoms with van der Waals surface area (Å²) in [5, 5.41) is 6.83. The van der Waals surface area contributed by atoms with Crippen LogP contribution in [0.5, 0.6) is 17.2 Å². The number of ether oxygens (including phenoxy) is 3. The predicted octanol–water partition coefficient (Wildman–Crippen LogP) is 5.79. The second-order valence-electron chi connectivity index (χ2n) is 7.42. The summed E-state index contributed by atoms with van der Waals surface area (Å²) in [6.07, 6.45) is 2.29. The summed E-state index contributed by atoms with van der Waals surface area (Å²) in [6.45, 7) is 2.34. The van der Waals surface area contributed by atoms with E-state index in [1.807, 2.05) is 25.1 Å². The van der Waals surface area contributed by atoms with E-state index >= 15 is 0 Å². The largest absolute Gasteiger partial charge is 0.493 e. The van der Waals surface area contributed by atoms with E-state index < -0.39 is 5.91 Å². The Hall–Kier alpha value is -3.37. The maximum absolute atomic E-state index is 12.6. The zero-order valence-electron chi connectivity index (χ0n) is 19.7. The Morgan fingerprint density at radius 2 is 1.78 bits per heavy atom. The van der Waals surface area contributed by atoms with E-state index in [1.165, 1.54) is 13.3 Å². The standard InChI is InChI=1S/C26H25Br2N3O5/c1-3-11-35-22-10-9-17(13-23(22)34-2)26(33)31-29-15-18-12-19(27)14-21(28)25(18)36-16-24(32)30-20-7-5-4-6-8-20/h4-10,12-15H,3,11,16H2,1-2H3,(H,30,32)(H,31,33)/b29-15+. The number of para-hydroxylation sites is 1. The van der Waals surface area contributed by atoms with Crippen molar-refractivity contribution in [1.82, 2.24) is 5.43 Å². The minimum absolute atomic E-state index is 0.214. The molecule has 0 aromatic heterocycles. The molecular formula is C26H25Br2N3O5. The smallest absolute Gasteiger partial charge is 0.271 e. The van der Waals surface area contributed by atoms with Crippen molar-refractivity contribution in [3.05, 3.63) is 80.7 Å². The van der Waals surface area contributed by atoms with Crippen LogP contribution >= 0.6 is 31.9 Å². The van der Waals surface area contributed by atoms with Gasteiger partial charge in [-0.2, -0.15) is 5.10 Å². The van der Waals surface area contributed by atoms with Gasteiger partial charge in [0.05, 0.1) is 24.4 Å². The zero-order valence-corrected chi connectivity index (χ0v) is 22.9. The number of halogens is 2. The third-order valence-corrected chi connectivity index (χ3v) is 5.75. The van der Waals surface area contributed by atoms with Crippen molar-refractivity contribution in [2.45, 2.75) is 13.3 Å². The molecule has 10 heteroatoms. The van der Waals surface area contributed by atoms with Crippen LogP contribution in [0.25, 0.3) is 0 Å². The number of hydrazone groups is 1. The summed E-state index contributed by atoms with van der Waals surface area (Å²) in [7, 11) is 1.51. The lowest BCUT2D eigenvalue weighted by atomic mass is 10.2. The molecule has 0 spiro atoms.